The van der Waals surface area contributed by atoms with Crippen LogP contribution in [0.15, 0.2) is 24.3 Å². The molecule has 0 spiro atoms. The fourth-order valence-electron chi connectivity index (χ4n) is 2.22. The SMILES string of the molecule is CC(C)(C)OC(=O)N1CCCCC1Oc1ccc(F)cc1. The lowest BCUT2D eigenvalue weighted by Crippen LogP contribution is -2.48. The molecule has 0 bridgehead atoms. The van der Waals surface area contributed by atoms with Crippen LogP contribution in [0.2, 0.25) is 0 Å². The standard InChI is InChI=1S/C16H22FNO3/c1-16(2,3)21-15(19)18-11-5-4-6-14(18)20-13-9-7-12(17)8-10-13/h7-10,14H,4-6,11H2,1-3H3. The van der Waals surface area contributed by atoms with Crippen molar-refractivity contribution in [3.63, 3.8) is 0 Å². The highest BCUT2D eigenvalue weighted by Gasteiger charge is 2.31. The van der Waals surface area contributed by atoms with E-state index in [4.69, 9.17) is 9.47 Å². The number of benzene rings is 1. The largest absolute Gasteiger partial charge is 0.470 e. The lowest BCUT2D eigenvalue weighted by Gasteiger charge is -2.36. The summed E-state index contributed by atoms with van der Waals surface area (Å²) in [5, 5.41) is 0. The molecule has 1 aliphatic rings. The molecule has 1 amide bonds. The van der Waals surface area contributed by atoms with Crippen molar-refractivity contribution in [1.82, 2.24) is 4.90 Å². The maximum Gasteiger partial charge on any atom is 0.413 e. The van der Waals surface area contributed by atoms with Gasteiger partial charge in [-0.05, 0) is 57.9 Å². The van der Waals surface area contributed by atoms with Crippen molar-refractivity contribution >= 4 is 6.09 Å². The van der Waals surface area contributed by atoms with E-state index < -0.39 is 5.60 Å². The van der Waals surface area contributed by atoms with Gasteiger partial charge in [0.05, 0.1) is 0 Å². The second kappa shape index (κ2) is 6.33. The predicted octanol–water partition coefficient (Wildman–Crippen LogP) is 3.95. The summed E-state index contributed by atoms with van der Waals surface area (Å²) in [6, 6.07) is 5.82. The first kappa shape index (κ1) is 15.6. The average molecular weight is 295 g/mol. The molecule has 4 nitrogen and oxygen atoms in total. The Kier molecular flexibility index (Phi) is 4.70. The van der Waals surface area contributed by atoms with Gasteiger partial charge in [0.1, 0.15) is 17.2 Å². The first-order chi connectivity index (χ1) is 9.85. The van der Waals surface area contributed by atoms with Crippen LogP contribution in [0.5, 0.6) is 5.75 Å². The highest BCUT2D eigenvalue weighted by Crippen LogP contribution is 2.23. The number of piperidine rings is 1. The van der Waals surface area contributed by atoms with Crippen molar-refractivity contribution in [3.05, 3.63) is 30.1 Å². The van der Waals surface area contributed by atoms with Gasteiger partial charge in [0.2, 0.25) is 0 Å². The minimum Gasteiger partial charge on any atom is -0.470 e. The van der Waals surface area contributed by atoms with Gasteiger partial charge in [-0.2, -0.15) is 0 Å². The quantitative estimate of drug-likeness (QED) is 0.829. The normalized spacial score (nSPS) is 19.2. The molecule has 0 saturated carbocycles. The Morgan fingerprint density at radius 3 is 2.52 bits per heavy atom. The molecule has 1 aromatic carbocycles. The van der Waals surface area contributed by atoms with E-state index in [9.17, 15) is 9.18 Å². The Labute approximate surface area is 124 Å². The number of halogens is 1. The highest BCUT2D eigenvalue weighted by atomic mass is 19.1. The molecule has 1 heterocycles. The lowest BCUT2D eigenvalue weighted by atomic mass is 10.1. The molecule has 1 atom stereocenters. The van der Waals surface area contributed by atoms with Crippen LogP contribution in [-0.4, -0.2) is 29.4 Å². The number of amides is 1. The predicted molar refractivity (Wildman–Crippen MR) is 77.6 cm³/mol. The maximum atomic E-state index is 12.9. The number of hydrogen-bond acceptors (Lipinski definition) is 3. The van der Waals surface area contributed by atoms with E-state index in [1.54, 1.807) is 17.0 Å². The summed E-state index contributed by atoms with van der Waals surface area (Å²) in [6.07, 6.45) is 1.94. The summed E-state index contributed by atoms with van der Waals surface area (Å²) in [7, 11) is 0. The van der Waals surface area contributed by atoms with Crippen LogP contribution in [-0.2, 0) is 4.74 Å². The van der Waals surface area contributed by atoms with Crippen LogP contribution in [0.3, 0.4) is 0 Å². The average Bonchev–Trinajstić information content (AvgIpc) is 2.40. The second-order valence-corrected chi connectivity index (χ2v) is 6.20. The molecule has 1 fully saturated rings. The summed E-state index contributed by atoms with van der Waals surface area (Å²) in [5.74, 6) is 0.242. The number of carbonyl (C=O) groups excluding carboxylic acids is 1. The monoisotopic (exact) mass is 295 g/mol. The second-order valence-electron chi connectivity index (χ2n) is 6.20. The first-order valence-corrected chi connectivity index (χ1v) is 7.27. The molecular weight excluding hydrogens is 273 g/mol. The van der Waals surface area contributed by atoms with Gasteiger partial charge in [-0.15, -0.1) is 0 Å². The fourth-order valence-corrected chi connectivity index (χ4v) is 2.22. The van der Waals surface area contributed by atoms with E-state index in [2.05, 4.69) is 0 Å². The molecule has 1 aromatic rings. The topological polar surface area (TPSA) is 38.8 Å². The molecule has 5 heteroatoms. The van der Waals surface area contributed by atoms with Gasteiger partial charge in [-0.1, -0.05) is 0 Å². The lowest BCUT2D eigenvalue weighted by molar-refractivity contribution is -0.0342. The van der Waals surface area contributed by atoms with Gasteiger partial charge < -0.3 is 9.47 Å². The van der Waals surface area contributed by atoms with Crippen LogP contribution < -0.4 is 4.74 Å². The Balaban J connectivity index is 2.04. The van der Waals surface area contributed by atoms with E-state index in [0.29, 0.717) is 12.3 Å². The molecule has 21 heavy (non-hydrogen) atoms. The van der Waals surface area contributed by atoms with Gasteiger partial charge in [0.15, 0.2) is 6.23 Å². The number of nitrogens with zero attached hydrogens (tertiary/aromatic N) is 1. The summed E-state index contributed by atoms with van der Waals surface area (Å²) in [6.45, 7) is 6.13. The molecule has 2 rings (SSSR count). The van der Waals surface area contributed by atoms with Crippen molar-refractivity contribution in [1.29, 1.82) is 0 Å². The van der Waals surface area contributed by atoms with Crippen LogP contribution >= 0.6 is 0 Å². The van der Waals surface area contributed by atoms with Crippen molar-refractivity contribution in [2.75, 3.05) is 6.54 Å². The number of rotatable bonds is 2. The van der Waals surface area contributed by atoms with E-state index in [-0.39, 0.29) is 18.1 Å². The fraction of sp³-hybridized carbons (Fsp3) is 0.562. The summed E-state index contributed by atoms with van der Waals surface area (Å²) >= 11 is 0. The van der Waals surface area contributed by atoms with E-state index in [0.717, 1.165) is 19.3 Å². The van der Waals surface area contributed by atoms with Crippen LogP contribution in [0, 0.1) is 5.82 Å². The van der Waals surface area contributed by atoms with Gasteiger partial charge in [0, 0.05) is 13.0 Å². The van der Waals surface area contributed by atoms with Crippen LogP contribution in [0.4, 0.5) is 9.18 Å². The highest BCUT2D eigenvalue weighted by molar-refractivity contribution is 5.68. The number of ether oxygens (including phenoxy) is 2. The van der Waals surface area contributed by atoms with Gasteiger partial charge >= 0.3 is 6.09 Å². The smallest absolute Gasteiger partial charge is 0.413 e. The molecule has 1 saturated heterocycles. The first-order valence-electron chi connectivity index (χ1n) is 7.27. The van der Waals surface area contributed by atoms with Gasteiger partial charge in [0.25, 0.3) is 0 Å². The zero-order chi connectivity index (χ0) is 15.5. The molecule has 0 radical (unpaired) electrons. The van der Waals surface area contributed by atoms with Crippen molar-refractivity contribution in [3.8, 4) is 5.75 Å². The molecule has 0 aliphatic carbocycles. The van der Waals surface area contributed by atoms with Gasteiger partial charge in [-0.25, -0.2) is 9.18 Å². The third-order valence-electron chi connectivity index (χ3n) is 3.16. The number of carbonyl (C=O) groups is 1. The Hall–Kier alpha value is -1.78. The molecular formula is C16H22FNO3. The van der Waals surface area contributed by atoms with Crippen molar-refractivity contribution in [2.45, 2.75) is 51.9 Å². The minimum absolute atomic E-state index is 0.310. The molecule has 1 aliphatic heterocycles. The van der Waals surface area contributed by atoms with Crippen molar-refractivity contribution < 1.29 is 18.7 Å². The Bertz CT molecular complexity index is 481. The minimum atomic E-state index is -0.533. The van der Waals surface area contributed by atoms with Crippen LogP contribution in [0.25, 0.3) is 0 Å². The molecule has 1 unspecified atom stereocenters. The van der Waals surface area contributed by atoms with E-state index >= 15 is 0 Å². The summed E-state index contributed by atoms with van der Waals surface area (Å²) in [4.78, 5) is 13.8. The summed E-state index contributed by atoms with van der Waals surface area (Å²) < 4.78 is 24.1. The third kappa shape index (κ3) is 4.62. The molecule has 0 N–H and O–H groups in total. The summed E-state index contributed by atoms with van der Waals surface area (Å²) in [5.41, 5.74) is -0.533. The Morgan fingerprint density at radius 2 is 1.90 bits per heavy atom. The maximum absolute atomic E-state index is 12.9. The van der Waals surface area contributed by atoms with Crippen molar-refractivity contribution in [2.24, 2.45) is 0 Å². The number of likely N-dealkylation sites (tertiary alicyclic amines) is 1. The number of hydrogen-bond donors (Lipinski definition) is 0. The van der Waals surface area contributed by atoms with Gasteiger partial charge in [-0.3, -0.25) is 4.90 Å². The zero-order valence-corrected chi connectivity index (χ0v) is 12.8. The molecule has 0 aromatic heterocycles. The Morgan fingerprint density at radius 1 is 1.24 bits per heavy atom. The van der Waals surface area contributed by atoms with Crippen LogP contribution in [0.1, 0.15) is 40.0 Å². The molecule has 116 valence electrons. The van der Waals surface area contributed by atoms with E-state index in [1.165, 1.54) is 12.1 Å². The third-order valence-corrected chi connectivity index (χ3v) is 3.16. The van der Waals surface area contributed by atoms with E-state index in [1.807, 2.05) is 20.8 Å². The zero-order valence-electron chi connectivity index (χ0n) is 12.8.